The monoisotopic (exact) mass is 373 g/mol. The normalized spacial score (nSPS) is 11.7. The van der Waals surface area contributed by atoms with Crippen molar-refractivity contribution in [1.82, 2.24) is 4.90 Å². The van der Waals surface area contributed by atoms with Crippen LogP contribution in [-0.2, 0) is 6.54 Å². The molecule has 2 nitrogen and oxygen atoms in total. The number of halogens is 1. The van der Waals surface area contributed by atoms with E-state index in [4.69, 9.17) is 0 Å². The van der Waals surface area contributed by atoms with E-state index in [1.54, 1.807) is 0 Å². The molecule has 0 saturated heterocycles. The molecule has 2 aromatic rings. The van der Waals surface area contributed by atoms with Crippen molar-refractivity contribution in [3.8, 4) is 0 Å². The summed E-state index contributed by atoms with van der Waals surface area (Å²) in [5.74, 6) is 0.194. The van der Waals surface area contributed by atoms with Crippen LogP contribution in [0.25, 0.3) is 0 Å². The molecule has 23 heavy (non-hydrogen) atoms. The number of ketones is 1. The van der Waals surface area contributed by atoms with Crippen LogP contribution in [0.1, 0.15) is 43.1 Å². The molecular weight excluding hydrogens is 350 g/mol. The fraction of sp³-hybridized carbons (Fsp3) is 0.350. The molecule has 0 spiro atoms. The van der Waals surface area contributed by atoms with Gasteiger partial charge in [-0.25, -0.2) is 0 Å². The van der Waals surface area contributed by atoms with Crippen LogP contribution in [0.4, 0.5) is 0 Å². The smallest absolute Gasteiger partial charge is 0.164 e. The number of carbonyl (C=O) groups is 1. The van der Waals surface area contributed by atoms with Crippen molar-refractivity contribution in [1.29, 1.82) is 0 Å². The molecule has 0 unspecified atom stereocenters. The van der Waals surface area contributed by atoms with Gasteiger partial charge in [0.15, 0.2) is 5.78 Å². The molecule has 0 radical (unpaired) electrons. The van der Waals surface area contributed by atoms with Crippen molar-refractivity contribution < 1.29 is 4.79 Å². The fourth-order valence-corrected chi connectivity index (χ4v) is 2.74. The lowest BCUT2D eigenvalue weighted by Crippen LogP contribution is -2.42. The summed E-state index contributed by atoms with van der Waals surface area (Å²) in [6.45, 7) is 8.20. The summed E-state index contributed by atoms with van der Waals surface area (Å²) in [4.78, 5) is 14.8. The molecule has 0 aliphatic rings. The van der Waals surface area contributed by atoms with E-state index in [1.165, 1.54) is 5.56 Å². The number of benzene rings is 2. The zero-order chi connectivity index (χ0) is 16.9. The average Bonchev–Trinajstić information content (AvgIpc) is 2.51. The predicted molar refractivity (Wildman–Crippen MR) is 99.7 cm³/mol. The van der Waals surface area contributed by atoms with E-state index >= 15 is 0 Å². The molecule has 2 rings (SSSR count). The highest BCUT2D eigenvalue weighted by Gasteiger charge is 2.22. The molecule has 0 atom stereocenters. The van der Waals surface area contributed by atoms with Crippen molar-refractivity contribution in [2.75, 3.05) is 6.54 Å². The van der Waals surface area contributed by atoms with Gasteiger partial charge in [-0.2, -0.15) is 0 Å². The minimum absolute atomic E-state index is 0.0236. The third kappa shape index (κ3) is 5.60. The largest absolute Gasteiger partial charge is 0.294 e. The summed E-state index contributed by atoms with van der Waals surface area (Å²) in [6.07, 6.45) is 0.533. The molecule has 0 aliphatic heterocycles. The summed E-state index contributed by atoms with van der Waals surface area (Å²) < 4.78 is 0.995. The Hall–Kier alpha value is -1.45. The van der Waals surface area contributed by atoms with Gasteiger partial charge in [-0.3, -0.25) is 9.69 Å². The second-order valence-electron chi connectivity index (χ2n) is 6.76. The van der Waals surface area contributed by atoms with Crippen LogP contribution in [0.2, 0.25) is 0 Å². The highest BCUT2D eigenvalue weighted by Crippen LogP contribution is 2.19. The Labute approximate surface area is 147 Å². The molecule has 0 fully saturated rings. The second-order valence-corrected chi connectivity index (χ2v) is 7.67. The van der Waals surface area contributed by atoms with Crippen molar-refractivity contribution in [2.45, 2.75) is 39.3 Å². The van der Waals surface area contributed by atoms with E-state index in [0.29, 0.717) is 6.42 Å². The highest BCUT2D eigenvalue weighted by molar-refractivity contribution is 9.10. The predicted octanol–water partition coefficient (Wildman–Crippen LogP) is 5.32. The SMILES string of the molecule is CC(C)(C)N(CCC(=O)c1ccc(Br)cc1)Cc1ccccc1. The van der Waals surface area contributed by atoms with Gasteiger partial charge in [-0.1, -0.05) is 58.4 Å². The minimum Gasteiger partial charge on any atom is -0.294 e. The van der Waals surface area contributed by atoms with Gasteiger partial charge in [0, 0.05) is 35.1 Å². The van der Waals surface area contributed by atoms with Crippen molar-refractivity contribution in [3.63, 3.8) is 0 Å². The maximum absolute atomic E-state index is 12.4. The van der Waals surface area contributed by atoms with Crippen LogP contribution in [0, 0.1) is 0 Å². The summed E-state index contributed by atoms with van der Waals surface area (Å²) in [7, 11) is 0. The molecule has 0 bridgehead atoms. The Bertz CT molecular complexity index is 629. The van der Waals surface area contributed by atoms with E-state index in [0.717, 1.165) is 23.1 Å². The maximum Gasteiger partial charge on any atom is 0.164 e. The third-order valence-corrected chi connectivity index (χ3v) is 4.47. The molecule has 0 heterocycles. The van der Waals surface area contributed by atoms with Gasteiger partial charge in [0.25, 0.3) is 0 Å². The Morgan fingerprint density at radius 3 is 2.17 bits per heavy atom. The Kier molecular flexibility index (Phi) is 6.14. The number of rotatable bonds is 6. The lowest BCUT2D eigenvalue weighted by molar-refractivity contribution is 0.0896. The number of hydrogen-bond acceptors (Lipinski definition) is 2. The minimum atomic E-state index is 0.0236. The van der Waals surface area contributed by atoms with Gasteiger partial charge in [0.2, 0.25) is 0 Å². The molecule has 2 aromatic carbocycles. The lowest BCUT2D eigenvalue weighted by Gasteiger charge is -2.35. The first-order valence-corrected chi connectivity index (χ1v) is 8.73. The Morgan fingerprint density at radius 2 is 1.61 bits per heavy atom. The number of nitrogens with zero attached hydrogens (tertiary/aromatic N) is 1. The van der Waals surface area contributed by atoms with Gasteiger partial charge in [-0.15, -0.1) is 0 Å². The summed E-state index contributed by atoms with van der Waals surface area (Å²) in [5.41, 5.74) is 2.08. The molecular formula is C20H24BrNO. The number of Topliss-reactive ketones (excluding diaryl/α,β-unsaturated/α-hetero) is 1. The Balaban J connectivity index is 2.01. The topological polar surface area (TPSA) is 20.3 Å². The summed E-state index contributed by atoms with van der Waals surface area (Å²) in [5, 5.41) is 0. The molecule has 0 amide bonds. The average molecular weight is 374 g/mol. The van der Waals surface area contributed by atoms with Crippen LogP contribution in [-0.4, -0.2) is 22.8 Å². The highest BCUT2D eigenvalue weighted by atomic mass is 79.9. The molecule has 0 N–H and O–H groups in total. The van der Waals surface area contributed by atoms with Crippen molar-refractivity contribution in [3.05, 3.63) is 70.2 Å². The zero-order valence-corrected chi connectivity index (χ0v) is 15.6. The molecule has 122 valence electrons. The number of hydrogen-bond donors (Lipinski definition) is 0. The van der Waals surface area contributed by atoms with E-state index in [9.17, 15) is 4.79 Å². The van der Waals surface area contributed by atoms with Gasteiger partial charge < -0.3 is 0 Å². The molecule has 0 aromatic heterocycles. The van der Waals surface area contributed by atoms with Gasteiger partial charge in [-0.05, 0) is 38.5 Å². The number of carbonyl (C=O) groups excluding carboxylic acids is 1. The second kappa shape index (κ2) is 7.89. The van der Waals surface area contributed by atoms with Gasteiger partial charge in [0.05, 0.1) is 0 Å². The standard InChI is InChI=1S/C20H24BrNO/c1-20(2,3)22(15-16-7-5-4-6-8-16)14-13-19(23)17-9-11-18(21)12-10-17/h4-12H,13-15H2,1-3H3. The van der Waals surface area contributed by atoms with E-state index < -0.39 is 0 Å². The molecule has 0 saturated carbocycles. The fourth-order valence-electron chi connectivity index (χ4n) is 2.47. The third-order valence-electron chi connectivity index (χ3n) is 3.94. The Morgan fingerprint density at radius 1 is 1.00 bits per heavy atom. The van der Waals surface area contributed by atoms with Crippen LogP contribution < -0.4 is 0 Å². The first-order chi connectivity index (χ1) is 10.9. The molecule has 3 heteroatoms. The van der Waals surface area contributed by atoms with Crippen LogP contribution in [0.3, 0.4) is 0 Å². The molecule has 0 aliphatic carbocycles. The van der Waals surface area contributed by atoms with Crippen molar-refractivity contribution >= 4 is 21.7 Å². The first-order valence-electron chi connectivity index (χ1n) is 7.94. The lowest BCUT2D eigenvalue weighted by atomic mass is 10.0. The van der Waals surface area contributed by atoms with Crippen LogP contribution in [0.5, 0.6) is 0 Å². The summed E-state index contributed by atoms with van der Waals surface area (Å²) >= 11 is 3.40. The van der Waals surface area contributed by atoms with E-state index in [2.05, 4.69) is 65.9 Å². The van der Waals surface area contributed by atoms with Crippen LogP contribution in [0.15, 0.2) is 59.1 Å². The zero-order valence-electron chi connectivity index (χ0n) is 14.1. The van der Waals surface area contributed by atoms with E-state index in [1.807, 2.05) is 30.3 Å². The van der Waals surface area contributed by atoms with Gasteiger partial charge >= 0.3 is 0 Å². The summed E-state index contributed by atoms with van der Waals surface area (Å²) in [6, 6.07) is 18.0. The maximum atomic E-state index is 12.4. The van der Waals surface area contributed by atoms with E-state index in [-0.39, 0.29) is 11.3 Å². The van der Waals surface area contributed by atoms with Crippen molar-refractivity contribution in [2.24, 2.45) is 0 Å². The van der Waals surface area contributed by atoms with Gasteiger partial charge in [0.1, 0.15) is 0 Å². The quantitative estimate of drug-likeness (QED) is 0.638. The first kappa shape index (κ1) is 17.9. The van der Waals surface area contributed by atoms with Crippen LogP contribution >= 0.6 is 15.9 Å².